The summed E-state index contributed by atoms with van der Waals surface area (Å²) in [6.45, 7) is 0. The van der Waals surface area contributed by atoms with Crippen molar-refractivity contribution < 1.29 is 4.42 Å². The second-order valence-corrected chi connectivity index (χ2v) is 5.38. The van der Waals surface area contributed by atoms with E-state index >= 15 is 0 Å². The van der Waals surface area contributed by atoms with Gasteiger partial charge < -0.3 is 8.98 Å². The van der Waals surface area contributed by atoms with Gasteiger partial charge in [0, 0.05) is 18.2 Å². The molecule has 4 heteroatoms. The summed E-state index contributed by atoms with van der Waals surface area (Å²) in [7, 11) is 1.69. The number of furan rings is 1. The van der Waals surface area contributed by atoms with Crippen LogP contribution in [-0.2, 0) is 7.05 Å². The third-order valence-corrected chi connectivity index (χ3v) is 3.87. The minimum absolute atomic E-state index is 0.111. The molecule has 0 unspecified atom stereocenters. The zero-order valence-electron chi connectivity index (χ0n) is 12.6. The summed E-state index contributed by atoms with van der Waals surface area (Å²) >= 11 is 0. The number of nitrogens with zero attached hydrogens (tertiary/aromatic N) is 2. The molecule has 0 N–H and O–H groups in total. The third-order valence-electron chi connectivity index (χ3n) is 3.87. The van der Waals surface area contributed by atoms with Gasteiger partial charge in [0.1, 0.15) is 17.5 Å². The highest BCUT2D eigenvalue weighted by atomic mass is 16.3. The molecule has 112 valence electrons. The second kappa shape index (κ2) is 5.25. The largest absolute Gasteiger partial charge is 0.437 e. The lowest BCUT2D eigenvalue weighted by Gasteiger charge is -2.03. The van der Waals surface area contributed by atoms with Gasteiger partial charge in [-0.3, -0.25) is 4.79 Å². The SMILES string of the molecule is Cn1cnc2oc(-c3ccccc3)c(-c3ccccc3)c2c1=O. The minimum Gasteiger partial charge on any atom is -0.437 e. The molecule has 4 rings (SSSR count). The number of rotatable bonds is 2. The maximum atomic E-state index is 12.6. The standard InChI is InChI=1S/C19H14N2O2/c1-21-12-20-18-16(19(21)22)15(13-8-4-2-5-9-13)17(23-18)14-10-6-3-7-11-14/h2-12H,1H3. The first-order chi connectivity index (χ1) is 11.3. The molecule has 0 amide bonds. The molecule has 0 aliphatic rings. The molecular formula is C19H14N2O2. The summed E-state index contributed by atoms with van der Waals surface area (Å²) in [5.74, 6) is 0.669. The Balaban J connectivity index is 2.15. The van der Waals surface area contributed by atoms with E-state index in [0.717, 1.165) is 16.7 Å². The van der Waals surface area contributed by atoms with Crippen LogP contribution in [0.3, 0.4) is 0 Å². The van der Waals surface area contributed by atoms with Crippen LogP contribution in [0.4, 0.5) is 0 Å². The van der Waals surface area contributed by atoms with E-state index in [9.17, 15) is 4.79 Å². The van der Waals surface area contributed by atoms with E-state index in [4.69, 9.17) is 4.42 Å². The molecule has 0 fully saturated rings. The molecule has 0 aliphatic heterocycles. The van der Waals surface area contributed by atoms with E-state index in [1.807, 2.05) is 60.7 Å². The van der Waals surface area contributed by atoms with Crippen LogP contribution in [0.2, 0.25) is 0 Å². The van der Waals surface area contributed by atoms with Crippen molar-refractivity contribution in [3.63, 3.8) is 0 Å². The van der Waals surface area contributed by atoms with Crippen LogP contribution >= 0.6 is 0 Å². The highest BCUT2D eigenvalue weighted by Gasteiger charge is 2.21. The molecular weight excluding hydrogens is 288 g/mol. The zero-order valence-corrected chi connectivity index (χ0v) is 12.6. The van der Waals surface area contributed by atoms with Crippen molar-refractivity contribution in [3.05, 3.63) is 77.3 Å². The zero-order chi connectivity index (χ0) is 15.8. The van der Waals surface area contributed by atoms with Gasteiger partial charge in [-0.05, 0) is 5.56 Å². The number of hydrogen-bond donors (Lipinski definition) is 0. The van der Waals surface area contributed by atoms with Crippen LogP contribution in [0.25, 0.3) is 33.6 Å². The number of aryl methyl sites for hydroxylation is 1. The molecule has 4 nitrogen and oxygen atoms in total. The van der Waals surface area contributed by atoms with Gasteiger partial charge in [-0.1, -0.05) is 60.7 Å². The Morgan fingerprint density at radius 2 is 1.52 bits per heavy atom. The summed E-state index contributed by atoms with van der Waals surface area (Å²) in [4.78, 5) is 16.9. The van der Waals surface area contributed by atoms with Crippen LogP contribution < -0.4 is 5.56 Å². The average Bonchev–Trinajstić information content (AvgIpc) is 3.00. The topological polar surface area (TPSA) is 48.0 Å². The first-order valence-electron chi connectivity index (χ1n) is 7.34. The molecule has 0 saturated heterocycles. The molecule has 4 aromatic rings. The fraction of sp³-hybridized carbons (Fsp3) is 0.0526. The molecule has 0 radical (unpaired) electrons. The Hall–Kier alpha value is -3.14. The van der Waals surface area contributed by atoms with Gasteiger partial charge in [-0.15, -0.1) is 0 Å². The quantitative estimate of drug-likeness (QED) is 0.565. The Morgan fingerprint density at radius 3 is 2.17 bits per heavy atom. The number of hydrogen-bond acceptors (Lipinski definition) is 3. The van der Waals surface area contributed by atoms with E-state index in [-0.39, 0.29) is 5.56 Å². The molecule has 2 heterocycles. The van der Waals surface area contributed by atoms with E-state index < -0.39 is 0 Å². The predicted octanol–water partition coefficient (Wildman–Crippen LogP) is 3.86. The lowest BCUT2D eigenvalue weighted by Crippen LogP contribution is -2.16. The van der Waals surface area contributed by atoms with Crippen molar-refractivity contribution in [2.24, 2.45) is 7.05 Å². The van der Waals surface area contributed by atoms with Crippen LogP contribution in [-0.4, -0.2) is 9.55 Å². The molecule has 0 bridgehead atoms. The van der Waals surface area contributed by atoms with Gasteiger partial charge in [0.2, 0.25) is 5.71 Å². The lowest BCUT2D eigenvalue weighted by atomic mass is 10.00. The molecule has 0 spiro atoms. The minimum atomic E-state index is -0.111. The van der Waals surface area contributed by atoms with Crippen LogP contribution in [0.5, 0.6) is 0 Å². The molecule has 0 aliphatic carbocycles. The Morgan fingerprint density at radius 1 is 0.913 bits per heavy atom. The van der Waals surface area contributed by atoms with Gasteiger partial charge in [0.15, 0.2) is 0 Å². The van der Waals surface area contributed by atoms with Gasteiger partial charge in [0.05, 0.1) is 0 Å². The number of benzene rings is 2. The monoisotopic (exact) mass is 302 g/mol. The molecule has 2 aromatic carbocycles. The van der Waals surface area contributed by atoms with E-state index in [0.29, 0.717) is 16.9 Å². The average molecular weight is 302 g/mol. The van der Waals surface area contributed by atoms with Crippen molar-refractivity contribution in [2.45, 2.75) is 0 Å². The highest BCUT2D eigenvalue weighted by molar-refractivity contribution is 5.99. The van der Waals surface area contributed by atoms with Crippen LogP contribution in [0.15, 0.2) is 76.2 Å². The smallest absolute Gasteiger partial charge is 0.265 e. The maximum absolute atomic E-state index is 12.6. The maximum Gasteiger partial charge on any atom is 0.265 e. The van der Waals surface area contributed by atoms with Crippen molar-refractivity contribution in [1.29, 1.82) is 0 Å². The molecule has 2 aromatic heterocycles. The van der Waals surface area contributed by atoms with E-state index in [1.165, 1.54) is 10.9 Å². The van der Waals surface area contributed by atoms with E-state index in [2.05, 4.69) is 4.98 Å². The van der Waals surface area contributed by atoms with Crippen molar-refractivity contribution >= 4 is 11.1 Å². The van der Waals surface area contributed by atoms with Gasteiger partial charge in [-0.2, -0.15) is 0 Å². The lowest BCUT2D eigenvalue weighted by molar-refractivity contribution is 0.615. The summed E-state index contributed by atoms with van der Waals surface area (Å²) in [6, 6.07) is 19.6. The predicted molar refractivity (Wildman–Crippen MR) is 90.1 cm³/mol. The van der Waals surface area contributed by atoms with Crippen molar-refractivity contribution in [3.8, 4) is 22.5 Å². The van der Waals surface area contributed by atoms with Gasteiger partial charge >= 0.3 is 0 Å². The summed E-state index contributed by atoms with van der Waals surface area (Å²) in [5, 5.41) is 0.514. The summed E-state index contributed by atoms with van der Waals surface area (Å²) in [6.07, 6.45) is 1.48. The van der Waals surface area contributed by atoms with Gasteiger partial charge in [-0.25, -0.2) is 4.98 Å². The molecule has 0 saturated carbocycles. The number of fused-ring (bicyclic) bond motifs is 1. The Kier molecular flexibility index (Phi) is 3.08. The van der Waals surface area contributed by atoms with Crippen molar-refractivity contribution in [1.82, 2.24) is 9.55 Å². The Labute approximate surface area is 132 Å². The third kappa shape index (κ3) is 2.16. The first-order valence-corrected chi connectivity index (χ1v) is 7.34. The fourth-order valence-corrected chi connectivity index (χ4v) is 2.75. The molecule has 23 heavy (non-hydrogen) atoms. The van der Waals surface area contributed by atoms with Crippen LogP contribution in [0.1, 0.15) is 0 Å². The highest BCUT2D eigenvalue weighted by Crippen LogP contribution is 2.38. The first kappa shape index (κ1) is 13.5. The summed E-state index contributed by atoms with van der Waals surface area (Å²) in [5.41, 5.74) is 2.91. The Bertz CT molecular complexity index is 1030. The normalized spacial score (nSPS) is 11.0. The van der Waals surface area contributed by atoms with Crippen molar-refractivity contribution in [2.75, 3.05) is 0 Å². The summed E-state index contributed by atoms with van der Waals surface area (Å²) < 4.78 is 7.42. The second-order valence-electron chi connectivity index (χ2n) is 5.38. The fourth-order valence-electron chi connectivity index (χ4n) is 2.75. The number of aromatic nitrogens is 2. The molecule has 0 atom stereocenters. The van der Waals surface area contributed by atoms with E-state index in [1.54, 1.807) is 7.05 Å². The van der Waals surface area contributed by atoms with Gasteiger partial charge in [0.25, 0.3) is 5.56 Å². The van der Waals surface area contributed by atoms with Crippen LogP contribution in [0, 0.1) is 0 Å².